The molecule has 1 heterocycles. The van der Waals surface area contributed by atoms with Crippen LogP contribution in [0.2, 0.25) is 0 Å². The van der Waals surface area contributed by atoms with E-state index in [1.807, 2.05) is 13.0 Å². The lowest BCUT2D eigenvalue weighted by molar-refractivity contribution is 0.0700. The maximum Gasteiger partial charge on any atom is 0.347 e. The van der Waals surface area contributed by atoms with E-state index < -0.39 is 5.97 Å². The lowest BCUT2D eigenvalue weighted by atomic mass is 10.1. The van der Waals surface area contributed by atoms with Gasteiger partial charge in [0, 0.05) is 12.0 Å². The zero-order valence-electron chi connectivity index (χ0n) is 13.2. The highest BCUT2D eigenvalue weighted by molar-refractivity contribution is 7.13. The Morgan fingerprint density at radius 3 is 2.73 bits per heavy atom. The molecule has 118 valence electrons. The average molecular weight is 319 g/mol. The SMILES string of the molecule is CCCc1nc(Cc2cc(CC)ccc2OC)sc1C(=O)O. The number of aryl methyl sites for hydroxylation is 2. The van der Waals surface area contributed by atoms with Gasteiger partial charge >= 0.3 is 5.97 Å². The molecule has 0 saturated carbocycles. The van der Waals surface area contributed by atoms with Crippen molar-refractivity contribution >= 4 is 17.3 Å². The molecule has 4 nitrogen and oxygen atoms in total. The molecule has 0 saturated heterocycles. The Morgan fingerprint density at radius 1 is 1.36 bits per heavy atom. The minimum Gasteiger partial charge on any atom is -0.496 e. The number of aromatic nitrogens is 1. The molecule has 22 heavy (non-hydrogen) atoms. The molecule has 1 aromatic carbocycles. The monoisotopic (exact) mass is 319 g/mol. The Labute approximate surface area is 134 Å². The number of rotatable bonds is 7. The van der Waals surface area contributed by atoms with E-state index in [4.69, 9.17) is 4.74 Å². The van der Waals surface area contributed by atoms with Crippen LogP contribution in [0.25, 0.3) is 0 Å². The molecule has 0 aliphatic heterocycles. The number of carboxylic acid groups (broad SMARTS) is 1. The van der Waals surface area contributed by atoms with Crippen molar-refractivity contribution in [3.8, 4) is 5.75 Å². The first kappa shape index (κ1) is 16.5. The summed E-state index contributed by atoms with van der Waals surface area (Å²) in [6, 6.07) is 6.13. The molecule has 0 amide bonds. The highest BCUT2D eigenvalue weighted by atomic mass is 32.1. The summed E-state index contributed by atoms with van der Waals surface area (Å²) in [4.78, 5) is 16.2. The molecular weight excluding hydrogens is 298 g/mol. The Balaban J connectivity index is 2.34. The van der Waals surface area contributed by atoms with E-state index >= 15 is 0 Å². The Kier molecular flexibility index (Phi) is 5.55. The van der Waals surface area contributed by atoms with Crippen LogP contribution < -0.4 is 4.74 Å². The second-order valence-corrected chi connectivity index (χ2v) is 6.20. The molecule has 0 atom stereocenters. The van der Waals surface area contributed by atoms with Crippen molar-refractivity contribution in [2.24, 2.45) is 0 Å². The van der Waals surface area contributed by atoms with E-state index in [1.165, 1.54) is 16.9 Å². The summed E-state index contributed by atoms with van der Waals surface area (Å²) in [7, 11) is 1.65. The summed E-state index contributed by atoms with van der Waals surface area (Å²) in [5, 5.41) is 10.1. The van der Waals surface area contributed by atoms with Crippen molar-refractivity contribution in [1.29, 1.82) is 0 Å². The molecule has 1 N–H and O–H groups in total. The van der Waals surface area contributed by atoms with Crippen LogP contribution in [0.15, 0.2) is 18.2 Å². The van der Waals surface area contributed by atoms with Gasteiger partial charge in [0.15, 0.2) is 0 Å². The fraction of sp³-hybridized carbons (Fsp3) is 0.412. The zero-order valence-corrected chi connectivity index (χ0v) is 14.0. The molecule has 0 fully saturated rings. The van der Waals surface area contributed by atoms with E-state index in [2.05, 4.69) is 24.0 Å². The lowest BCUT2D eigenvalue weighted by Gasteiger charge is -2.09. The van der Waals surface area contributed by atoms with Crippen molar-refractivity contribution in [1.82, 2.24) is 4.98 Å². The molecule has 0 radical (unpaired) electrons. The molecule has 2 aromatic rings. The molecule has 2 rings (SSSR count). The molecule has 0 aliphatic carbocycles. The second-order valence-electron chi connectivity index (χ2n) is 5.12. The Bertz CT molecular complexity index is 664. The molecule has 0 spiro atoms. The van der Waals surface area contributed by atoms with Gasteiger partial charge in [0.05, 0.1) is 17.8 Å². The number of thiazole rings is 1. The van der Waals surface area contributed by atoms with Crippen LogP contribution >= 0.6 is 11.3 Å². The predicted molar refractivity (Wildman–Crippen MR) is 88.2 cm³/mol. The van der Waals surface area contributed by atoms with E-state index in [9.17, 15) is 9.90 Å². The summed E-state index contributed by atoms with van der Waals surface area (Å²) in [6.07, 6.45) is 3.14. The van der Waals surface area contributed by atoms with Crippen molar-refractivity contribution < 1.29 is 14.6 Å². The minimum absolute atomic E-state index is 0.363. The minimum atomic E-state index is -0.888. The number of benzene rings is 1. The van der Waals surface area contributed by atoms with Gasteiger partial charge in [-0.25, -0.2) is 9.78 Å². The number of hydrogen-bond acceptors (Lipinski definition) is 4. The van der Waals surface area contributed by atoms with Gasteiger partial charge in [-0.1, -0.05) is 32.4 Å². The van der Waals surface area contributed by atoms with E-state index in [-0.39, 0.29) is 0 Å². The fourth-order valence-electron chi connectivity index (χ4n) is 2.40. The Morgan fingerprint density at radius 2 is 2.14 bits per heavy atom. The van der Waals surface area contributed by atoms with E-state index in [0.29, 0.717) is 23.4 Å². The maximum atomic E-state index is 11.3. The topological polar surface area (TPSA) is 59.4 Å². The van der Waals surface area contributed by atoms with Crippen LogP contribution in [0.5, 0.6) is 5.75 Å². The van der Waals surface area contributed by atoms with Gasteiger partial charge in [-0.15, -0.1) is 11.3 Å². The highest BCUT2D eigenvalue weighted by Gasteiger charge is 2.17. The summed E-state index contributed by atoms with van der Waals surface area (Å²) in [5.74, 6) is -0.0669. The van der Waals surface area contributed by atoms with Crippen molar-refractivity contribution in [3.05, 3.63) is 44.9 Å². The van der Waals surface area contributed by atoms with Gasteiger partial charge in [0.25, 0.3) is 0 Å². The second kappa shape index (κ2) is 7.40. The average Bonchev–Trinajstić information content (AvgIpc) is 2.90. The van der Waals surface area contributed by atoms with E-state index in [1.54, 1.807) is 7.11 Å². The third-order valence-corrected chi connectivity index (χ3v) is 4.60. The van der Waals surface area contributed by atoms with Gasteiger partial charge < -0.3 is 9.84 Å². The lowest BCUT2D eigenvalue weighted by Crippen LogP contribution is -1.98. The van der Waals surface area contributed by atoms with E-state index in [0.717, 1.165) is 29.2 Å². The van der Waals surface area contributed by atoms with Crippen LogP contribution in [0.3, 0.4) is 0 Å². The Hall–Kier alpha value is -1.88. The number of ether oxygens (including phenoxy) is 1. The van der Waals surface area contributed by atoms with Gasteiger partial charge in [-0.05, 0) is 24.5 Å². The molecule has 0 unspecified atom stereocenters. The first-order chi connectivity index (χ1) is 10.6. The van der Waals surface area contributed by atoms with Crippen LogP contribution in [0, 0.1) is 0 Å². The van der Waals surface area contributed by atoms with Crippen LogP contribution in [-0.2, 0) is 19.3 Å². The van der Waals surface area contributed by atoms with Gasteiger partial charge in [0.2, 0.25) is 0 Å². The maximum absolute atomic E-state index is 11.3. The smallest absolute Gasteiger partial charge is 0.347 e. The molecule has 5 heteroatoms. The van der Waals surface area contributed by atoms with Crippen molar-refractivity contribution in [3.63, 3.8) is 0 Å². The number of methoxy groups -OCH3 is 1. The number of carbonyl (C=O) groups is 1. The van der Waals surface area contributed by atoms with Gasteiger partial charge in [-0.3, -0.25) is 0 Å². The quantitative estimate of drug-likeness (QED) is 0.839. The molecular formula is C17H21NO3S. The largest absolute Gasteiger partial charge is 0.496 e. The van der Waals surface area contributed by atoms with Gasteiger partial charge in [-0.2, -0.15) is 0 Å². The first-order valence-corrected chi connectivity index (χ1v) is 8.28. The molecule has 0 bridgehead atoms. The van der Waals surface area contributed by atoms with Gasteiger partial charge in [0.1, 0.15) is 10.6 Å². The summed E-state index contributed by atoms with van der Waals surface area (Å²) in [5.41, 5.74) is 2.98. The van der Waals surface area contributed by atoms with Crippen LogP contribution in [-0.4, -0.2) is 23.2 Å². The summed E-state index contributed by atoms with van der Waals surface area (Å²) >= 11 is 1.27. The third kappa shape index (κ3) is 3.65. The predicted octanol–water partition coefficient (Wildman–Crippen LogP) is 3.96. The fourth-order valence-corrected chi connectivity index (χ4v) is 3.37. The number of nitrogens with zero attached hydrogens (tertiary/aromatic N) is 1. The first-order valence-electron chi connectivity index (χ1n) is 7.46. The zero-order chi connectivity index (χ0) is 16.1. The highest BCUT2D eigenvalue weighted by Crippen LogP contribution is 2.27. The standard InChI is InChI=1S/C17H21NO3S/c1-4-6-13-16(17(19)20)22-15(18-13)10-12-9-11(5-2)7-8-14(12)21-3/h7-9H,4-6,10H2,1-3H3,(H,19,20). The summed E-state index contributed by atoms with van der Waals surface area (Å²) in [6.45, 7) is 4.13. The third-order valence-electron chi connectivity index (χ3n) is 3.52. The van der Waals surface area contributed by atoms with Crippen molar-refractivity contribution in [2.75, 3.05) is 7.11 Å². The number of hydrogen-bond donors (Lipinski definition) is 1. The summed E-state index contributed by atoms with van der Waals surface area (Å²) < 4.78 is 5.41. The van der Waals surface area contributed by atoms with Crippen LogP contribution in [0.1, 0.15) is 51.8 Å². The number of aromatic carboxylic acids is 1. The van der Waals surface area contributed by atoms with Crippen molar-refractivity contribution in [2.45, 2.75) is 39.5 Å². The number of carboxylic acids is 1. The normalized spacial score (nSPS) is 10.7. The molecule has 0 aliphatic rings. The van der Waals surface area contributed by atoms with Crippen LogP contribution in [0.4, 0.5) is 0 Å². The molecule has 1 aromatic heterocycles.